The van der Waals surface area contributed by atoms with Crippen molar-refractivity contribution in [2.24, 2.45) is 5.92 Å². The van der Waals surface area contributed by atoms with Crippen molar-refractivity contribution in [2.45, 2.75) is 39.7 Å². The van der Waals surface area contributed by atoms with E-state index < -0.39 is 6.10 Å². The minimum atomic E-state index is -0.671. The molecule has 7 nitrogen and oxygen atoms in total. The van der Waals surface area contributed by atoms with Gasteiger partial charge in [-0.1, -0.05) is 13.5 Å². The normalized spacial score (nSPS) is 13.1. The Morgan fingerprint density at radius 2 is 2.04 bits per heavy atom. The smallest absolute Gasteiger partial charge is 0.172 e. The highest BCUT2D eigenvalue weighted by molar-refractivity contribution is 5.80. The molecule has 0 aliphatic heterocycles. The van der Waals surface area contributed by atoms with Gasteiger partial charge in [-0.15, -0.1) is 0 Å². The van der Waals surface area contributed by atoms with Gasteiger partial charge in [0.25, 0.3) is 0 Å². The molecule has 0 saturated carbocycles. The van der Waals surface area contributed by atoms with E-state index in [0.29, 0.717) is 35.5 Å². The molecule has 0 aliphatic rings. The molecule has 132 valence electrons. The topological polar surface area (TPSA) is 101 Å². The molecule has 0 spiro atoms. The lowest BCUT2D eigenvalue weighted by atomic mass is 9.93. The van der Waals surface area contributed by atoms with Gasteiger partial charge in [-0.25, -0.2) is 9.97 Å². The van der Waals surface area contributed by atoms with Gasteiger partial charge in [0.2, 0.25) is 0 Å². The predicted molar refractivity (Wildman–Crippen MR) is 95.0 cm³/mol. The van der Waals surface area contributed by atoms with E-state index in [0.717, 1.165) is 12.1 Å². The minimum Gasteiger partial charge on any atom is -0.388 e. The van der Waals surface area contributed by atoms with Crippen molar-refractivity contribution < 1.29 is 9.90 Å². The van der Waals surface area contributed by atoms with Gasteiger partial charge in [0, 0.05) is 23.4 Å². The molecule has 0 fully saturated rings. The van der Waals surface area contributed by atoms with E-state index in [1.54, 1.807) is 18.5 Å². The highest BCUT2D eigenvalue weighted by Gasteiger charge is 2.19. The van der Waals surface area contributed by atoms with E-state index in [1.165, 1.54) is 0 Å². The summed E-state index contributed by atoms with van der Waals surface area (Å²) in [6.07, 6.45) is 4.35. The third-order valence-electron chi connectivity index (χ3n) is 4.21. The third kappa shape index (κ3) is 4.67. The SMILES string of the molecule is C=C(Nc1nc(C)c(C)nc1C=O)C(CC)CC(O)c1ccnnc1. The summed E-state index contributed by atoms with van der Waals surface area (Å²) in [5.74, 6) is 0.382. The number of anilines is 1. The summed E-state index contributed by atoms with van der Waals surface area (Å²) < 4.78 is 0. The van der Waals surface area contributed by atoms with Crippen molar-refractivity contribution in [2.75, 3.05) is 5.32 Å². The highest BCUT2D eigenvalue weighted by Crippen LogP contribution is 2.28. The number of carbonyl (C=O) groups excluding carboxylic acids is 1. The molecule has 7 heteroatoms. The van der Waals surface area contributed by atoms with Gasteiger partial charge in [0.05, 0.1) is 23.7 Å². The molecule has 2 aromatic heterocycles. The van der Waals surface area contributed by atoms with E-state index in [4.69, 9.17) is 0 Å². The van der Waals surface area contributed by atoms with Crippen LogP contribution in [0.15, 0.2) is 30.7 Å². The molecule has 2 aromatic rings. The van der Waals surface area contributed by atoms with Crippen molar-refractivity contribution in [1.82, 2.24) is 20.2 Å². The molecule has 2 rings (SSSR count). The zero-order chi connectivity index (χ0) is 18.4. The van der Waals surface area contributed by atoms with Gasteiger partial charge < -0.3 is 10.4 Å². The number of hydrogen-bond acceptors (Lipinski definition) is 7. The first-order valence-corrected chi connectivity index (χ1v) is 8.17. The lowest BCUT2D eigenvalue weighted by Crippen LogP contribution is -2.16. The molecule has 0 aliphatic carbocycles. The van der Waals surface area contributed by atoms with E-state index >= 15 is 0 Å². The number of aldehydes is 1. The molecule has 25 heavy (non-hydrogen) atoms. The first-order chi connectivity index (χ1) is 12.0. The Hall–Kier alpha value is -2.67. The number of aliphatic hydroxyl groups is 1. The van der Waals surface area contributed by atoms with Crippen molar-refractivity contribution in [3.8, 4) is 0 Å². The quantitative estimate of drug-likeness (QED) is 0.712. The van der Waals surface area contributed by atoms with Gasteiger partial charge in [-0.3, -0.25) is 4.79 Å². The van der Waals surface area contributed by atoms with Crippen LogP contribution in [-0.2, 0) is 0 Å². The van der Waals surface area contributed by atoms with Gasteiger partial charge >= 0.3 is 0 Å². The minimum absolute atomic E-state index is 0.00826. The van der Waals surface area contributed by atoms with Crippen LogP contribution in [0.4, 0.5) is 5.82 Å². The Labute approximate surface area is 147 Å². The predicted octanol–water partition coefficient (Wildman–Crippen LogP) is 2.77. The van der Waals surface area contributed by atoms with Gasteiger partial charge in [0.15, 0.2) is 12.1 Å². The lowest BCUT2D eigenvalue weighted by molar-refractivity contribution is 0.111. The maximum atomic E-state index is 11.2. The standard InChI is InChI=1S/C18H23N5O2/c1-5-14(8-17(25)15-6-7-19-20-9-15)13(4)23-18-16(10-24)21-11(2)12(3)22-18/h6-7,9-10,14,17,25H,4-5,8H2,1-3H3,(H,22,23). The maximum absolute atomic E-state index is 11.2. The molecule has 0 aromatic carbocycles. The number of carbonyl (C=O) groups is 1. The summed E-state index contributed by atoms with van der Waals surface area (Å²) in [6.45, 7) is 9.72. The first kappa shape index (κ1) is 18.7. The fourth-order valence-electron chi connectivity index (χ4n) is 2.51. The summed E-state index contributed by atoms with van der Waals surface area (Å²) in [4.78, 5) is 19.9. The number of aryl methyl sites for hydroxylation is 2. The Kier molecular flexibility index (Phi) is 6.30. The van der Waals surface area contributed by atoms with Gasteiger partial charge in [0.1, 0.15) is 5.69 Å². The summed E-state index contributed by atoms with van der Waals surface area (Å²) in [5.41, 5.74) is 3.10. The second-order valence-corrected chi connectivity index (χ2v) is 5.93. The van der Waals surface area contributed by atoms with Crippen LogP contribution < -0.4 is 5.32 Å². The lowest BCUT2D eigenvalue weighted by Gasteiger charge is -2.22. The summed E-state index contributed by atoms with van der Waals surface area (Å²) in [6, 6.07) is 1.74. The molecule has 0 bridgehead atoms. The highest BCUT2D eigenvalue weighted by atomic mass is 16.3. The van der Waals surface area contributed by atoms with E-state index in [2.05, 4.69) is 32.1 Å². The van der Waals surface area contributed by atoms with Gasteiger partial charge in [-0.2, -0.15) is 10.2 Å². The van der Waals surface area contributed by atoms with Crippen LogP contribution in [-0.4, -0.2) is 31.6 Å². The summed E-state index contributed by atoms with van der Waals surface area (Å²) in [7, 11) is 0. The average Bonchev–Trinajstić information content (AvgIpc) is 2.62. The monoisotopic (exact) mass is 341 g/mol. The number of nitrogens with one attached hydrogen (secondary N) is 1. The van der Waals surface area contributed by atoms with Crippen molar-refractivity contribution in [3.63, 3.8) is 0 Å². The van der Waals surface area contributed by atoms with E-state index in [9.17, 15) is 9.90 Å². The first-order valence-electron chi connectivity index (χ1n) is 8.17. The Balaban J connectivity index is 2.12. The Bertz CT molecular complexity index is 749. The second kappa shape index (κ2) is 8.43. The number of hydrogen-bond donors (Lipinski definition) is 2. The van der Waals surface area contributed by atoms with Crippen LogP contribution in [0.5, 0.6) is 0 Å². The van der Waals surface area contributed by atoms with Crippen LogP contribution in [0.25, 0.3) is 0 Å². The number of rotatable bonds is 8. The summed E-state index contributed by atoms with van der Waals surface area (Å²) >= 11 is 0. The number of aliphatic hydroxyl groups excluding tert-OH is 1. The molecule has 2 unspecified atom stereocenters. The number of nitrogens with zero attached hydrogens (tertiary/aromatic N) is 4. The zero-order valence-electron chi connectivity index (χ0n) is 14.7. The molecule has 0 amide bonds. The van der Waals surface area contributed by atoms with Crippen molar-refractivity contribution >= 4 is 12.1 Å². The van der Waals surface area contributed by atoms with E-state index in [1.807, 2.05) is 20.8 Å². The molecule has 0 saturated heterocycles. The molecule has 2 heterocycles. The summed E-state index contributed by atoms with van der Waals surface area (Å²) in [5, 5.41) is 21.0. The van der Waals surface area contributed by atoms with Crippen LogP contribution >= 0.6 is 0 Å². The van der Waals surface area contributed by atoms with Crippen LogP contribution in [0.1, 0.15) is 53.3 Å². The van der Waals surface area contributed by atoms with Crippen molar-refractivity contribution in [1.29, 1.82) is 0 Å². The fraction of sp³-hybridized carbons (Fsp3) is 0.389. The van der Waals surface area contributed by atoms with Crippen LogP contribution in [0, 0.1) is 19.8 Å². The number of aromatic nitrogens is 4. The zero-order valence-corrected chi connectivity index (χ0v) is 14.7. The second-order valence-electron chi connectivity index (χ2n) is 5.93. The maximum Gasteiger partial charge on any atom is 0.172 e. The van der Waals surface area contributed by atoms with Crippen LogP contribution in [0.2, 0.25) is 0 Å². The largest absolute Gasteiger partial charge is 0.388 e. The number of allylic oxidation sites excluding steroid dienone is 1. The Morgan fingerprint density at radius 3 is 2.64 bits per heavy atom. The Morgan fingerprint density at radius 1 is 1.32 bits per heavy atom. The molecule has 2 N–H and O–H groups in total. The molecular weight excluding hydrogens is 318 g/mol. The van der Waals surface area contributed by atoms with Gasteiger partial charge in [-0.05, 0) is 32.8 Å². The van der Waals surface area contributed by atoms with E-state index in [-0.39, 0.29) is 11.6 Å². The average molecular weight is 341 g/mol. The molecule has 0 radical (unpaired) electrons. The van der Waals surface area contributed by atoms with Crippen molar-refractivity contribution in [3.05, 3.63) is 53.4 Å². The molecule has 2 atom stereocenters. The fourth-order valence-corrected chi connectivity index (χ4v) is 2.51. The van der Waals surface area contributed by atoms with Crippen LogP contribution in [0.3, 0.4) is 0 Å². The molecular formula is C18H23N5O2. The third-order valence-corrected chi connectivity index (χ3v) is 4.21.